The molecule has 0 spiro atoms. The molecular weight excluding hydrogens is 893 g/mol. The predicted octanol–water partition coefficient (Wildman–Crippen LogP) is -0.726. The number of piperidine rings is 2. The van der Waals surface area contributed by atoms with Gasteiger partial charge in [-0.15, -0.1) is 0 Å². The van der Waals surface area contributed by atoms with E-state index in [-0.39, 0.29) is 40.4 Å². The molecule has 0 atom stereocenters. The Labute approximate surface area is 432 Å². The molecule has 0 aromatic rings. The van der Waals surface area contributed by atoms with Gasteiger partial charge in [0, 0.05) is 85.5 Å². The predicted molar refractivity (Wildman–Crippen MR) is 294 cm³/mol. The average molecular weight is 1020 g/mol. The van der Waals surface area contributed by atoms with Crippen LogP contribution in [0.25, 0.3) is 0 Å². The third kappa shape index (κ3) is 41.5. The molecule has 20 heteroatoms. The monoisotopic (exact) mass is 1020 g/mol. The van der Waals surface area contributed by atoms with E-state index in [0.717, 1.165) is 121 Å². The van der Waals surface area contributed by atoms with Gasteiger partial charge in [-0.2, -0.15) is 0 Å². The van der Waals surface area contributed by atoms with E-state index in [4.69, 9.17) is 30.6 Å². The minimum atomic E-state index is 0.163. The molecular formula is C50H123N14O6+3. The second-order valence-corrected chi connectivity index (χ2v) is 20.6. The fraction of sp³-hybridized carbons (Fsp3) is 1.00. The van der Waals surface area contributed by atoms with Crippen molar-refractivity contribution >= 4 is 0 Å². The van der Waals surface area contributed by atoms with E-state index in [0.29, 0.717) is 4.48 Å². The lowest BCUT2D eigenvalue weighted by atomic mass is 10.1. The van der Waals surface area contributed by atoms with Crippen LogP contribution in [0.15, 0.2) is 0 Å². The zero-order valence-electron chi connectivity index (χ0n) is 48.6. The molecule has 0 unspecified atom stereocenters. The van der Waals surface area contributed by atoms with Gasteiger partial charge in [-0.25, -0.2) is 0 Å². The summed E-state index contributed by atoms with van der Waals surface area (Å²) in [6.45, 7) is 38.1. The van der Waals surface area contributed by atoms with Crippen LogP contribution >= 0.6 is 0 Å². The van der Waals surface area contributed by atoms with Crippen LogP contribution in [0.5, 0.6) is 0 Å². The van der Waals surface area contributed by atoms with Crippen molar-refractivity contribution in [2.75, 3.05) is 261 Å². The number of aliphatic hydroxyl groups excluding tert-OH is 6. The van der Waals surface area contributed by atoms with E-state index < -0.39 is 0 Å². The second kappa shape index (κ2) is 47.9. The Morgan fingerprint density at radius 1 is 0.457 bits per heavy atom. The van der Waals surface area contributed by atoms with Crippen molar-refractivity contribution in [1.82, 2.24) is 55.1 Å². The summed E-state index contributed by atoms with van der Waals surface area (Å²) in [4.78, 5) is 17.9. The summed E-state index contributed by atoms with van der Waals surface area (Å²) in [5.74, 6) is 0. The molecule has 0 bridgehead atoms. The van der Waals surface area contributed by atoms with Gasteiger partial charge in [0.1, 0.15) is 26.2 Å². The molecule has 0 amide bonds. The van der Waals surface area contributed by atoms with E-state index in [9.17, 15) is 0 Å². The highest BCUT2D eigenvalue weighted by atomic mass is 16.3. The van der Waals surface area contributed by atoms with Crippen molar-refractivity contribution in [3.05, 3.63) is 0 Å². The number of hydrogen-bond donors (Lipinski definition) is 9. The first-order chi connectivity index (χ1) is 33.4. The largest absolute Gasteiger partial charge is 0.381 e. The van der Waals surface area contributed by atoms with Gasteiger partial charge in [0.2, 0.25) is 0 Å². The maximum absolute atomic E-state index is 9.10. The molecule has 426 valence electrons. The molecule has 0 saturated carbocycles. The first-order valence-electron chi connectivity index (χ1n) is 27.2. The van der Waals surface area contributed by atoms with Crippen LogP contribution < -0.4 is 16.0 Å². The van der Waals surface area contributed by atoms with E-state index in [2.05, 4.69) is 99.1 Å². The Morgan fingerprint density at radius 3 is 1.00 bits per heavy atom. The normalized spacial score (nSPS) is 22.9. The van der Waals surface area contributed by atoms with Crippen molar-refractivity contribution in [3.8, 4) is 0 Å². The number of nitrogens with zero attached hydrogens (tertiary/aromatic N) is 11. The summed E-state index contributed by atoms with van der Waals surface area (Å²) in [6.07, 6.45) is 8.08. The molecule has 70 heavy (non-hydrogen) atoms. The Kier molecular flexibility index (Phi) is 50.2. The number of piperazine rings is 3. The van der Waals surface area contributed by atoms with Crippen LogP contribution in [0.3, 0.4) is 0 Å². The molecule has 20 nitrogen and oxygen atoms in total. The van der Waals surface area contributed by atoms with E-state index in [1.54, 1.807) is 4.90 Å². The lowest BCUT2D eigenvalue weighted by molar-refractivity contribution is -1.03. The van der Waals surface area contributed by atoms with Gasteiger partial charge >= 0.3 is 0 Å². The van der Waals surface area contributed by atoms with Gasteiger partial charge in [0.25, 0.3) is 0 Å². The highest BCUT2D eigenvalue weighted by molar-refractivity contribution is 4.70. The molecule has 5 aliphatic rings. The van der Waals surface area contributed by atoms with Gasteiger partial charge in [-0.05, 0) is 107 Å². The summed E-state index contributed by atoms with van der Waals surface area (Å²) in [5.41, 5.74) is 0. The quantitative estimate of drug-likeness (QED) is 0.0657. The third-order valence-electron chi connectivity index (χ3n) is 13.9. The number of quaternary nitrogens is 3. The van der Waals surface area contributed by atoms with Gasteiger partial charge in [0.15, 0.2) is 20.2 Å². The molecule has 0 aromatic heterocycles. The minimum absolute atomic E-state index is 0.163. The first kappa shape index (κ1) is 73.4. The Bertz CT molecular complexity index is 1020. The van der Waals surface area contributed by atoms with Crippen molar-refractivity contribution in [3.63, 3.8) is 0 Å². The number of nitrogens with one attached hydrogen (secondary N) is 3. The van der Waals surface area contributed by atoms with Crippen LogP contribution in [0.1, 0.15) is 73.1 Å². The zero-order chi connectivity index (χ0) is 53.7. The number of aliphatic hydroxyl groups is 6. The van der Waals surface area contributed by atoms with Crippen molar-refractivity contribution in [2.24, 2.45) is 0 Å². The van der Waals surface area contributed by atoms with E-state index >= 15 is 0 Å². The third-order valence-corrected chi connectivity index (χ3v) is 13.9. The second-order valence-electron chi connectivity index (χ2n) is 20.6. The van der Waals surface area contributed by atoms with E-state index in [1.807, 2.05) is 49.2 Å². The van der Waals surface area contributed by atoms with E-state index in [1.165, 1.54) is 84.3 Å². The molecule has 9 N–H and O–H groups in total. The van der Waals surface area contributed by atoms with Crippen LogP contribution in [0.2, 0.25) is 0 Å². The summed E-state index contributed by atoms with van der Waals surface area (Å²) in [7, 11) is 18.0. The van der Waals surface area contributed by atoms with Crippen molar-refractivity contribution in [2.45, 2.75) is 73.1 Å². The van der Waals surface area contributed by atoms with Gasteiger partial charge in [-0.1, -0.05) is 40.5 Å². The lowest BCUT2D eigenvalue weighted by Crippen LogP contribution is -2.64. The fourth-order valence-electron chi connectivity index (χ4n) is 7.23. The first-order valence-corrected chi connectivity index (χ1v) is 27.2. The maximum Gasteiger partial charge on any atom is 0.180 e. The molecule has 0 radical (unpaired) electrons. The SMILES string of the molecule is CCN(C)CNC.CCN(C)CO.CCN1CCN(CNC)CC1.CCN1CCN(CO)CC1.CC[N+](C)(C)CO.CNCN1CCCCC1.C[N+]1(CO)CC[N+](C)(CO)CC1.OCN1CCCCC1. The Balaban J connectivity index is -0.000000740. The van der Waals surface area contributed by atoms with Gasteiger partial charge in [-0.3, -0.25) is 38.4 Å². The van der Waals surface area contributed by atoms with Gasteiger partial charge in [0.05, 0.1) is 54.9 Å². The number of rotatable bonds is 17. The number of hydrogen-bond acceptors (Lipinski definition) is 17. The Morgan fingerprint density at radius 2 is 0.786 bits per heavy atom. The molecule has 5 rings (SSSR count). The van der Waals surface area contributed by atoms with Crippen LogP contribution in [0, 0.1) is 0 Å². The molecule has 5 aliphatic heterocycles. The van der Waals surface area contributed by atoms with Gasteiger partial charge < -0.3 is 60.9 Å². The lowest BCUT2D eigenvalue weighted by Gasteiger charge is -2.44. The van der Waals surface area contributed by atoms with Crippen molar-refractivity contribution in [1.29, 1.82) is 0 Å². The minimum Gasteiger partial charge on any atom is -0.381 e. The van der Waals surface area contributed by atoms with Crippen LogP contribution in [-0.4, -0.2) is 345 Å². The molecule has 5 fully saturated rings. The summed E-state index contributed by atoms with van der Waals surface area (Å²) >= 11 is 0. The zero-order valence-corrected chi connectivity index (χ0v) is 48.6. The van der Waals surface area contributed by atoms with Crippen LogP contribution in [0.4, 0.5) is 0 Å². The smallest absolute Gasteiger partial charge is 0.180 e. The summed E-state index contributed by atoms with van der Waals surface area (Å²) < 4.78 is 2.15. The number of likely N-dealkylation sites (tertiary alicyclic amines) is 2. The highest BCUT2D eigenvalue weighted by Crippen LogP contribution is 2.13. The van der Waals surface area contributed by atoms with Crippen molar-refractivity contribution < 1.29 is 44.1 Å². The fourth-order valence-corrected chi connectivity index (χ4v) is 7.23. The molecule has 0 aromatic carbocycles. The average Bonchev–Trinajstić information content (AvgIpc) is 3.41. The topological polar surface area (TPSA) is 183 Å². The van der Waals surface area contributed by atoms with Crippen LogP contribution in [-0.2, 0) is 0 Å². The Hall–Kier alpha value is -0.800. The summed E-state index contributed by atoms with van der Waals surface area (Å²) in [6, 6.07) is 0. The molecule has 5 saturated heterocycles. The summed E-state index contributed by atoms with van der Waals surface area (Å²) in [5, 5.41) is 61.8. The maximum atomic E-state index is 9.10. The molecule has 0 aliphatic carbocycles. The number of likely N-dealkylation sites (N-methyl/N-ethyl adjacent to an activating group) is 4. The standard InChI is InChI=1S/C8H19N3.C8H20N2O2.C7H16N2O.C7H16N2.C6H13NO.C5H14N2.C5H14NO.C4H11NO/c1-3-10-4-6-11(7-5-10)8-9-2;1-9(7-11)3-5-10(2,8-12)6-4-9;1-2-8-3-5-9(7-10)6-4-8;1-8-7-9-5-3-2-4-6-9;8-6-7-4-2-1-3-5-7;1-4-7(3)5-6-2;1-4-6(2,3)5-7;1-3-5(2)4-6/h9H,3-8H2,1-2H3;11-12H,3-8H2,1-2H3;10H,2-7H2,1H3;8H,2-7H2,1H3;8H,1-6H2;6H,4-5H2,1-3H3;7H,4-5H2,1-3H3;6H,3-4H2,1-2H3/q;+2;;;;;+1;. The molecule has 5 heterocycles. The highest BCUT2D eigenvalue weighted by Gasteiger charge is 2.36.